The minimum absolute atomic E-state index is 0.658. The van der Waals surface area contributed by atoms with Crippen molar-refractivity contribution in [3.63, 3.8) is 0 Å². The maximum absolute atomic E-state index is 2.35. The second-order valence-electron chi connectivity index (χ2n) is 5.16. The van der Waals surface area contributed by atoms with Crippen LogP contribution in [-0.4, -0.2) is 0 Å². The Hall–Kier alpha value is -0.780. The van der Waals surface area contributed by atoms with Gasteiger partial charge in [-0.1, -0.05) is 57.4 Å². The van der Waals surface area contributed by atoms with Gasteiger partial charge in [0.15, 0.2) is 0 Å². The average molecular weight is 202 g/mol. The van der Waals surface area contributed by atoms with Crippen LogP contribution in [0, 0.1) is 0 Å². The normalized spacial score (nSPS) is 18.3. The van der Waals surface area contributed by atoms with Gasteiger partial charge < -0.3 is 0 Å². The first-order chi connectivity index (χ1) is 7.27. The van der Waals surface area contributed by atoms with Gasteiger partial charge in [0.2, 0.25) is 0 Å². The van der Waals surface area contributed by atoms with Crippen molar-refractivity contribution in [2.45, 2.75) is 57.8 Å². The third-order valence-electron chi connectivity index (χ3n) is 3.68. The summed E-state index contributed by atoms with van der Waals surface area (Å²) in [6.07, 6.45) is 7.11. The lowest BCUT2D eigenvalue weighted by Gasteiger charge is -2.22. The second-order valence-corrected chi connectivity index (χ2v) is 5.16. The van der Waals surface area contributed by atoms with E-state index in [4.69, 9.17) is 0 Å². The Balaban J connectivity index is 2.08. The van der Waals surface area contributed by atoms with E-state index in [2.05, 4.69) is 38.1 Å². The van der Waals surface area contributed by atoms with E-state index in [0.717, 1.165) is 5.92 Å². The van der Waals surface area contributed by atoms with Crippen molar-refractivity contribution in [1.29, 1.82) is 0 Å². The van der Waals surface area contributed by atoms with Gasteiger partial charge in [0, 0.05) is 0 Å². The fourth-order valence-corrected chi connectivity index (χ4v) is 2.59. The van der Waals surface area contributed by atoms with E-state index in [-0.39, 0.29) is 0 Å². The summed E-state index contributed by atoms with van der Waals surface area (Å²) in [6.45, 7) is 4.52. The highest BCUT2D eigenvalue weighted by Crippen LogP contribution is 2.32. The van der Waals surface area contributed by atoms with Crippen molar-refractivity contribution in [2.24, 2.45) is 0 Å². The molecule has 0 saturated heterocycles. The third kappa shape index (κ3) is 2.62. The molecule has 0 atom stereocenters. The average Bonchev–Trinajstić information content (AvgIpc) is 2.30. The predicted octanol–water partition coefficient (Wildman–Crippen LogP) is 4.86. The third-order valence-corrected chi connectivity index (χ3v) is 3.68. The molecule has 0 radical (unpaired) electrons. The first-order valence-electron chi connectivity index (χ1n) is 6.37. The molecule has 0 aliphatic heterocycles. The summed E-state index contributed by atoms with van der Waals surface area (Å²) in [5, 5.41) is 0. The van der Waals surface area contributed by atoms with E-state index in [9.17, 15) is 0 Å². The molecule has 0 aromatic heterocycles. The molecule has 0 spiro atoms. The minimum Gasteiger partial charge on any atom is -0.0587 e. The van der Waals surface area contributed by atoms with Crippen molar-refractivity contribution in [3.8, 4) is 0 Å². The molecular formula is C15H22. The van der Waals surface area contributed by atoms with Gasteiger partial charge in [0.1, 0.15) is 0 Å². The van der Waals surface area contributed by atoms with Crippen molar-refractivity contribution < 1.29 is 0 Å². The molecule has 1 aliphatic carbocycles. The van der Waals surface area contributed by atoms with Gasteiger partial charge in [-0.25, -0.2) is 0 Å². The molecule has 15 heavy (non-hydrogen) atoms. The van der Waals surface area contributed by atoms with Gasteiger partial charge in [-0.3, -0.25) is 0 Å². The van der Waals surface area contributed by atoms with Crippen LogP contribution in [0.2, 0.25) is 0 Å². The SMILES string of the molecule is CC(C)c1ccc(C2CCCCC2)cc1. The number of benzene rings is 1. The molecule has 0 bridgehead atoms. The van der Waals surface area contributed by atoms with Crippen molar-refractivity contribution >= 4 is 0 Å². The number of rotatable bonds is 2. The summed E-state index contributed by atoms with van der Waals surface area (Å²) in [6, 6.07) is 9.33. The zero-order valence-corrected chi connectivity index (χ0v) is 10.00. The molecule has 1 aromatic rings. The van der Waals surface area contributed by atoms with E-state index in [0.29, 0.717) is 5.92 Å². The van der Waals surface area contributed by atoms with Crippen LogP contribution in [0.3, 0.4) is 0 Å². The molecule has 0 amide bonds. The van der Waals surface area contributed by atoms with Crippen molar-refractivity contribution in [3.05, 3.63) is 35.4 Å². The van der Waals surface area contributed by atoms with Crippen LogP contribution in [0.5, 0.6) is 0 Å². The Morgan fingerprint density at radius 2 is 1.53 bits per heavy atom. The summed E-state index contributed by atoms with van der Waals surface area (Å²) in [5.41, 5.74) is 3.04. The summed E-state index contributed by atoms with van der Waals surface area (Å²) in [7, 11) is 0. The van der Waals surface area contributed by atoms with Gasteiger partial charge in [0.25, 0.3) is 0 Å². The summed E-state index contributed by atoms with van der Waals surface area (Å²) >= 11 is 0. The topological polar surface area (TPSA) is 0 Å². The second kappa shape index (κ2) is 4.83. The maximum atomic E-state index is 2.35. The molecule has 1 aliphatic rings. The Bertz CT molecular complexity index is 288. The lowest BCUT2D eigenvalue weighted by molar-refractivity contribution is 0.443. The summed E-state index contributed by atoms with van der Waals surface area (Å²) < 4.78 is 0. The van der Waals surface area contributed by atoms with E-state index >= 15 is 0 Å². The summed E-state index contributed by atoms with van der Waals surface area (Å²) in [5.74, 6) is 1.50. The van der Waals surface area contributed by atoms with Crippen LogP contribution in [0.1, 0.15) is 68.9 Å². The zero-order valence-electron chi connectivity index (χ0n) is 10.00. The molecule has 0 heterocycles. The smallest absolute Gasteiger partial charge is 0.0162 e. The minimum atomic E-state index is 0.658. The Morgan fingerprint density at radius 1 is 0.933 bits per heavy atom. The predicted molar refractivity (Wildman–Crippen MR) is 66.4 cm³/mol. The highest BCUT2D eigenvalue weighted by Gasteiger charge is 2.15. The van der Waals surface area contributed by atoms with E-state index < -0.39 is 0 Å². The van der Waals surface area contributed by atoms with Crippen LogP contribution in [0.25, 0.3) is 0 Å². The van der Waals surface area contributed by atoms with E-state index in [1.165, 1.54) is 37.7 Å². The molecule has 0 N–H and O–H groups in total. The molecule has 2 rings (SSSR count). The van der Waals surface area contributed by atoms with Crippen LogP contribution in [-0.2, 0) is 0 Å². The lowest BCUT2D eigenvalue weighted by Crippen LogP contribution is -2.04. The molecule has 1 saturated carbocycles. The van der Waals surface area contributed by atoms with Gasteiger partial charge in [-0.2, -0.15) is 0 Å². The van der Waals surface area contributed by atoms with Crippen LogP contribution >= 0.6 is 0 Å². The quantitative estimate of drug-likeness (QED) is 0.642. The highest BCUT2D eigenvalue weighted by molar-refractivity contribution is 5.27. The Morgan fingerprint density at radius 3 is 2.07 bits per heavy atom. The number of hydrogen-bond donors (Lipinski definition) is 0. The van der Waals surface area contributed by atoms with Crippen LogP contribution in [0.4, 0.5) is 0 Å². The van der Waals surface area contributed by atoms with Crippen LogP contribution in [0.15, 0.2) is 24.3 Å². The van der Waals surface area contributed by atoms with Gasteiger partial charge >= 0.3 is 0 Å². The van der Waals surface area contributed by atoms with Crippen LogP contribution < -0.4 is 0 Å². The fraction of sp³-hybridized carbons (Fsp3) is 0.600. The first-order valence-corrected chi connectivity index (χ1v) is 6.37. The zero-order chi connectivity index (χ0) is 10.7. The molecule has 0 unspecified atom stereocenters. The Labute approximate surface area is 93.7 Å². The van der Waals surface area contributed by atoms with E-state index in [1.807, 2.05) is 0 Å². The largest absolute Gasteiger partial charge is 0.0587 e. The van der Waals surface area contributed by atoms with Crippen molar-refractivity contribution in [2.75, 3.05) is 0 Å². The monoisotopic (exact) mass is 202 g/mol. The van der Waals surface area contributed by atoms with Gasteiger partial charge in [-0.15, -0.1) is 0 Å². The molecular weight excluding hydrogens is 180 g/mol. The number of hydrogen-bond acceptors (Lipinski definition) is 0. The van der Waals surface area contributed by atoms with Crippen molar-refractivity contribution in [1.82, 2.24) is 0 Å². The van der Waals surface area contributed by atoms with E-state index in [1.54, 1.807) is 5.56 Å². The standard InChI is InChI=1S/C15H22/c1-12(2)13-8-10-15(11-9-13)14-6-4-3-5-7-14/h8-12,14H,3-7H2,1-2H3. The highest BCUT2D eigenvalue weighted by atomic mass is 14.2. The molecule has 1 aromatic carbocycles. The van der Waals surface area contributed by atoms with Gasteiger partial charge in [-0.05, 0) is 35.8 Å². The Kier molecular flexibility index (Phi) is 3.45. The lowest BCUT2D eigenvalue weighted by atomic mass is 9.83. The maximum Gasteiger partial charge on any atom is -0.0162 e. The molecule has 0 heteroatoms. The van der Waals surface area contributed by atoms with Gasteiger partial charge in [0.05, 0.1) is 0 Å². The summed E-state index contributed by atoms with van der Waals surface area (Å²) in [4.78, 5) is 0. The molecule has 0 nitrogen and oxygen atoms in total. The first kappa shape index (κ1) is 10.7. The molecule has 1 fully saturated rings. The molecule has 82 valence electrons. The fourth-order valence-electron chi connectivity index (χ4n) is 2.59.